The van der Waals surface area contributed by atoms with E-state index in [-0.39, 0.29) is 24.8 Å². The molecule has 2 N–H and O–H groups in total. The number of nitrogens with one attached hydrogen (secondary N) is 2. The summed E-state index contributed by atoms with van der Waals surface area (Å²) in [4.78, 5) is 24.7. The lowest BCUT2D eigenvalue weighted by atomic mass is 10.0. The Labute approximate surface area is 193 Å². The molecule has 0 radical (unpaired) electrons. The van der Waals surface area contributed by atoms with Gasteiger partial charge in [-0.1, -0.05) is 91.0 Å². The van der Waals surface area contributed by atoms with Crippen LogP contribution in [0.25, 0.3) is 10.8 Å². The lowest BCUT2D eigenvalue weighted by molar-refractivity contribution is -0.125. The molecule has 0 aliphatic carbocycles. The van der Waals surface area contributed by atoms with E-state index in [4.69, 9.17) is 4.74 Å². The van der Waals surface area contributed by atoms with Crippen LogP contribution in [0.15, 0.2) is 97.1 Å². The Kier molecular flexibility index (Phi) is 7.33. The highest BCUT2D eigenvalue weighted by Crippen LogP contribution is 2.20. The zero-order valence-corrected chi connectivity index (χ0v) is 18.3. The first kappa shape index (κ1) is 22.1. The first-order chi connectivity index (χ1) is 16.2. The molecular weight excluding hydrogens is 412 g/mol. The Morgan fingerprint density at radius 1 is 0.667 bits per heavy atom. The number of para-hydroxylation sites is 1. The van der Waals surface area contributed by atoms with Crippen LogP contribution >= 0.6 is 0 Å². The predicted octanol–water partition coefficient (Wildman–Crippen LogP) is 4.39. The van der Waals surface area contributed by atoms with Crippen molar-refractivity contribution in [2.45, 2.75) is 19.6 Å². The molecular formula is C28H26N2O3. The Bertz CT molecular complexity index is 1230. The van der Waals surface area contributed by atoms with Crippen LogP contribution in [0, 0.1) is 0 Å². The molecule has 0 heterocycles. The zero-order chi connectivity index (χ0) is 22.9. The number of carbonyl (C=O) groups excluding carboxylic acids is 2. The third-order valence-electron chi connectivity index (χ3n) is 5.36. The molecule has 5 nitrogen and oxygen atoms in total. The maximum atomic E-state index is 12.4. The van der Waals surface area contributed by atoms with Crippen LogP contribution in [-0.2, 0) is 29.2 Å². The summed E-state index contributed by atoms with van der Waals surface area (Å²) >= 11 is 0. The summed E-state index contributed by atoms with van der Waals surface area (Å²) in [6, 6.07) is 31.4. The average Bonchev–Trinajstić information content (AvgIpc) is 2.86. The van der Waals surface area contributed by atoms with Gasteiger partial charge < -0.3 is 15.4 Å². The number of rotatable bonds is 9. The smallest absolute Gasteiger partial charge is 0.239 e. The number of hydrogen-bond acceptors (Lipinski definition) is 3. The molecule has 2 amide bonds. The van der Waals surface area contributed by atoms with Gasteiger partial charge in [0.25, 0.3) is 0 Å². The van der Waals surface area contributed by atoms with Crippen molar-refractivity contribution >= 4 is 22.6 Å². The normalized spacial score (nSPS) is 10.5. The van der Waals surface area contributed by atoms with Gasteiger partial charge in [-0.05, 0) is 28.0 Å². The highest BCUT2D eigenvalue weighted by molar-refractivity contribution is 5.91. The molecule has 0 saturated heterocycles. The van der Waals surface area contributed by atoms with Gasteiger partial charge in [0.1, 0.15) is 12.4 Å². The van der Waals surface area contributed by atoms with Crippen molar-refractivity contribution in [1.29, 1.82) is 0 Å². The Balaban J connectivity index is 1.26. The fourth-order valence-corrected chi connectivity index (χ4v) is 3.64. The van der Waals surface area contributed by atoms with Crippen LogP contribution in [0.2, 0.25) is 0 Å². The molecule has 0 aliphatic rings. The summed E-state index contributed by atoms with van der Waals surface area (Å²) in [5.74, 6) is 0.286. The second-order valence-electron chi connectivity index (χ2n) is 7.75. The minimum atomic E-state index is -0.251. The van der Waals surface area contributed by atoms with E-state index in [9.17, 15) is 9.59 Å². The number of fused-ring (bicyclic) bond motifs is 1. The monoisotopic (exact) mass is 438 g/mol. The quantitative estimate of drug-likeness (QED) is 0.407. The van der Waals surface area contributed by atoms with E-state index < -0.39 is 0 Å². The van der Waals surface area contributed by atoms with Crippen molar-refractivity contribution < 1.29 is 14.3 Å². The molecule has 0 saturated carbocycles. The average molecular weight is 439 g/mol. The minimum Gasteiger partial charge on any atom is -0.489 e. The predicted molar refractivity (Wildman–Crippen MR) is 130 cm³/mol. The number of benzene rings is 4. The van der Waals surface area contributed by atoms with Gasteiger partial charge in [0.05, 0.1) is 13.0 Å². The molecule has 166 valence electrons. The molecule has 0 aromatic heterocycles. The van der Waals surface area contributed by atoms with Gasteiger partial charge in [-0.15, -0.1) is 0 Å². The first-order valence-electron chi connectivity index (χ1n) is 10.9. The van der Waals surface area contributed by atoms with Crippen LogP contribution in [0.4, 0.5) is 0 Å². The van der Waals surface area contributed by atoms with Crippen LogP contribution < -0.4 is 15.4 Å². The van der Waals surface area contributed by atoms with E-state index >= 15 is 0 Å². The Hall–Kier alpha value is -4.12. The molecule has 4 rings (SSSR count). The van der Waals surface area contributed by atoms with Crippen molar-refractivity contribution in [1.82, 2.24) is 10.6 Å². The number of ether oxygens (including phenoxy) is 1. The molecule has 33 heavy (non-hydrogen) atoms. The van der Waals surface area contributed by atoms with Gasteiger partial charge in [0, 0.05) is 12.1 Å². The Morgan fingerprint density at radius 2 is 1.36 bits per heavy atom. The largest absolute Gasteiger partial charge is 0.489 e. The van der Waals surface area contributed by atoms with Crippen LogP contribution in [-0.4, -0.2) is 18.4 Å². The van der Waals surface area contributed by atoms with Gasteiger partial charge in [0.15, 0.2) is 0 Å². The zero-order valence-electron chi connectivity index (χ0n) is 18.3. The maximum absolute atomic E-state index is 12.4. The summed E-state index contributed by atoms with van der Waals surface area (Å²) < 4.78 is 5.93. The van der Waals surface area contributed by atoms with Crippen LogP contribution in [0.5, 0.6) is 5.75 Å². The number of carbonyl (C=O) groups is 2. The van der Waals surface area contributed by atoms with Gasteiger partial charge >= 0.3 is 0 Å². The molecule has 4 aromatic rings. The van der Waals surface area contributed by atoms with Crippen molar-refractivity contribution in [2.24, 2.45) is 0 Å². The minimum absolute atomic E-state index is 0.0728. The molecule has 0 bridgehead atoms. The fraction of sp³-hybridized carbons (Fsp3) is 0.143. The SMILES string of the molecule is O=C(CNC(=O)Cc1cccc2ccccc12)NCc1ccccc1OCc1ccccc1. The van der Waals surface area contributed by atoms with Gasteiger partial charge in [-0.3, -0.25) is 9.59 Å². The Morgan fingerprint density at radius 3 is 2.24 bits per heavy atom. The third kappa shape index (κ3) is 6.20. The van der Waals surface area contributed by atoms with Gasteiger partial charge in [-0.25, -0.2) is 0 Å². The van der Waals surface area contributed by atoms with E-state index in [1.165, 1.54) is 0 Å². The lowest BCUT2D eigenvalue weighted by Gasteiger charge is -2.13. The highest BCUT2D eigenvalue weighted by atomic mass is 16.5. The van der Waals surface area contributed by atoms with E-state index in [0.29, 0.717) is 13.2 Å². The molecule has 5 heteroatoms. The van der Waals surface area contributed by atoms with Gasteiger partial charge in [-0.2, -0.15) is 0 Å². The topological polar surface area (TPSA) is 67.4 Å². The van der Waals surface area contributed by atoms with E-state index in [1.807, 2.05) is 97.1 Å². The fourth-order valence-electron chi connectivity index (χ4n) is 3.64. The number of amides is 2. The van der Waals surface area contributed by atoms with E-state index in [1.54, 1.807) is 0 Å². The summed E-state index contributed by atoms with van der Waals surface area (Å²) in [5, 5.41) is 7.70. The summed E-state index contributed by atoms with van der Waals surface area (Å²) in [7, 11) is 0. The highest BCUT2D eigenvalue weighted by Gasteiger charge is 2.10. The van der Waals surface area contributed by atoms with Crippen molar-refractivity contribution in [3.63, 3.8) is 0 Å². The van der Waals surface area contributed by atoms with Crippen molar-refractivity contribution in [2.75, 3.05) is 6.54 Å². The third-order valence-corrected chi connectivity index (χ3v) is 5.36. The lowest BCUT2D eigenvalue weighted by Crippen LogP contribution is -2.37. The molecule has 0 atom stereocenters. The molecule has 0 unspecified atom stereocenters. The molecule has 4 aromatic carbocycles. The van der Waals surface area contributed by atoms with E-state index in [0.717, 1.165) is 33.2 Å². The summed E-state index contributed by atoms with van der Waals surface area (Å²) in [6.45, 7) is 0.704. The van der Waals surface area contributed by atoms with Crippen molar-refractivity contribution in [3.8, 4) is 5.75 Å². The summed E-state index contributed by atoms with van der Waals surface area (Å²) in [6.07, 6.45) is 0.227. The second kappa shape index (κ2) is 11.0. The first-order valence-corrected chi connectivity index (χ1v) is 10.9. The number of hydrogen-bond donors (Lipinski definition) is 2. The standard InChI is InChI=1S/C28H26N2O3/c31-27(17-23-14-8-13-22-11-4-6-15-25(22)23)30-19-28(32)29-18-24-12-5-7-16-26(24)33-20-21-9-2-1-3-10-21/h1-16H,17-20H2,(H,29,32)(H,30,31). The van der Waals surface area contributed by atoms with Crippen LogP contribution in [0.3, 0.4) is 0 Å². The molecule has 0 aliphatic heterocycles. The van der Waals surface area contributed by atoms with Gasteiger partial charge in [0.2, 0.25) is 11.8 Å². The maximum Gasteiger partial charge on any atom is 0.239 e. The van der Waals surface area contributed by atoms with Crippen molar-refractivity contribution in [3.05, 3.63) is 114 Å². The molecule has 0 spiro atoms. The molecule has 0 fully saturated rings. The summed E-state index contributed by atoms with van der Waals surface area (Å²) in [5.41, 5.74) is 2.89. The van der Waals surface area contributed by atoms with Crippen LogP contribution in [0.1, 0.15) is 16.7 Å². The van der Waals surface area contributed by atoms with E-state index in [2.05, 4.69) is 10.6 Å². The second-order valence-corrected chi connectivity index (χ2v) is 7.75.